The summed E-state index contributed by atoms with van der Waals surface area (Å²) in [6, 6.07) is 12.9. The molecule has 3 rings (SSSR count). The van der Waals surface area contributed by atoms with Gasteiger partial charge in [0.05, 0.1) is 16.5 Å². The third kappa shape index (κ3) is 5.61. The van der Waals surface area contributed by atoms with Crippen molar-refractivity contribution in [3.63, 3.8) is 0 Å². The molecule has 0 fully saturated rings. The maximum absolute atomic E-state index is 11.8. The van der Waals surface area contributed by atoms with E-state index in [0.717, 1.165) is 23.8 Å². The van der Waals surface area contributed by atoms with Gasteiger partial charge in [-0.05, 0) is 35.4 Å². The molecule has 0 bridgehead atoms. The first-order valence-corrected chi connectivity index (χ1v) is 12.7. The second kappa shape index (κ2) is 10.0. The van der Waals surface area contributed by atoms with Crippen LogP contribution in [0.5, 0.6) is 11.5 Å². The van der Waals surface area contributed by atoms with Gasteiger partial charge in [-0.25, -0.2) is 13.4 Å². The molecule has 0 aliphatic rings. The molecule has 0 spiro atoms. The molecule has 10 heteroatoms. The molecule has 0 N–H and O–H groups in total. The molecule has 0 aliphatic carbocycles. The Morgan fingerprint density at radius 3 is 2.39 bits per heavy atom. The lowest BCUT2D eigenvalue weighted by Gasteiger charge is -2.27. The van der Waals surface area contributed by atoms with Crippen molar-refractivity contribution >= 4 is 33.0 Å². The number of hydrogen-bond donors (Lipinski definition) is 0. The van der Waals surface area contributed by atoms with Crippen molar-refractivity contribution in [2.75, 3.05) is 18.7 Å². The SMILES string of the molecule is CC(C)(c1ccc(OCCCl)c(Cl)c1)c1ccc(OCc2ocnc2S(C)(=O)=O)c(C#N)c1. The first-order chi connectivity index (χ1) is 15.6. The molecule has 2 aromatic carbocycles. The van der Waals surface area contributed by atoms with Crippen LogP contribution in [0, 0.1) is 11.3 Å². The van der Waals surface area contributed by atoms with E-state index in [1.54, 1.807) is 18.2 Å². The van der Waals surface area contributed by atoms with E-state index in [1.807, 2.05) is 32.0 Å². The predicted molar refractivity (Wildman–Crippen MR) is 125 cm³/mol. The van der Waals surface area contributed by atoms with Gasteiger partial charge in [0.15, 0.2) is 27.0 Å². The number of nitrogens with zero attached hydrogens (tertiary/aromatic N) is 2. The van der Waals surface area contributed by atoms with E-state index in [9.17, 15) is 13.7 Å². The summed E-state index contributed by atoms with van der Waals surface area (Å²) in [4.78, 5) is 3.73. The van der Waals surface area contributed by atoms with Gasteiger partial charge in [0.2, 0.25) is 0 Å². The number of benzene rings is 2. The van der Waals surface area contributed by atoms with Crippen molar-refractivity contribution in [3.8, 4) is 17.6 Å². The van der Waals surface area contributed by atoms with Crippen LogP contribution in [0.4, 0.5) is 0 Å². The van der Waals surface area contributed by atoms with Crippen LogP contribution in [0.3, 0.4) is 0 Å². The van der Waals surface area contributed by atoms with Crippen LogP contribution in [0.2, 0.25) is 5.02 Å². The van der Waals surface area contributed by atoms with Crippen LogP contribution in [0.25, 0.3) is 0 Å². The lowest BCUT2D eigenvalue weighted by molar-refractivity contribution is 0.264. The number of sulfone groups is 1. The summed E-state index contributed by atoms with van der Waals surface area (Å²) in [5.41, 5.74) is 1.62. The number of nitriles is 1. The Labute approximate surface area is 202 Å². The molecule has 0 unspecified atom stereocenters. The zero-order chi connectivity index (χ0) is 24.2. The van der Waals surface area contributed by atoms with Crippen LogP contribution >= 0.6 is 23.2 Å². The molecule has 7 nitrogen and oxygen atoms in total. The molecule has 33 heavy (non-hydrogen) atoms. The van der Waals surface area contributed by atoms with Gasteiger partial charge in [0.25, 0.3) is 0 Å². The van der Waals surface area contributed by atoms with Crippen LogP contribution < -0.4 is 9.47 Å². The van der Waals surface area contributed by atoms with Crippen LogP contribution in [0.1, 0.15) is 36.3 Å². The molecule has 0 aliphatic heterocycles. The van der Waals surface area contributed by atoms with Gasteiger partial charge in [-0.1, -0.05) is 37.6 Å². The normalized spacial score (nSPS) is 11.8. The Hall–Kier alpha value is -2.73. The zero-order valence-electron chi connectivity index (χ0n) is 18.3. The van der Waals surface area contributed by atoms with Crippen LogP contribution in [-0.4, -0.2) is 32.1 Å². The van der Waals surface area contributed by atoms with E-state index in [1.165, 1.54) is 0 Å². The van der Waals surface area contributed by atoms with Crippen molar-refractivity contribution in [3.05, 3.63) is 70.3 Å². The van der Waals surface area contributed by atoms with Gasteiger partial charge in [0, 0.05) is 11.7 Å². The van der Waals surface area contributed by atoms with E-state index in [2.05, 4.69) is 11.1 Å². The van der Waals surface area contributed by atoms with Gasteiger partial charge in [-0.3, -0.25) is 0 Å². The second-order valence-corrected chi connectivity index (χ2v) is 10.5. The second-order valence-electron chi connectivity index (χ2n) is 7.77. The fraction of sp³-hybridized carbons (Fsp3) is 0.304. The molecule has 1 heterocycles. The monoisotopic (exact) mass is 508 g/mol. The highest BCUT2D eigenvalue weighted by atomic mass is 35.5. The van der Waals surface area contributed by atoms with Gasteiger partial charge >= 0.3 is 0 Å². The molecule has 174 valence electrons. The van der Waals surface area contributed by atoms with Crippen molar-refractivity contribution in [1.82, 2.24) is 4.98 Å². The number of halogens is 2. The average Bonchev–Trinajstić information content (AvgIpc) is 3.26. The predicted octanol–water partition coefficient (Wildman–Crippen LogP) is 5.13. The number of rotatable bonds is 9. The summed E-state index contributed by atoms with van der Waals surface area (Å²) in [6.45, 7) is 4.21. The number of hydrogen-bond acceptors (Lipinski definition) is 7. The average molecular weight is 509 g/mol. The summed E-state index contributed by atoms with van der Waals surface area (Å²) in [7, 11) is -3.56. The Kier molecular flexibility index (Phi) is 7.58. The number of alkyl halides is 1. The fourth-order valence-electron chi connectivity index (χ4n) is 3.26. The highest BCUT2D eigenvalue weighted by Gasteiger charge is 2.26. The van der Waals surface area contributed by atoms with E-state index < -0.39 is 15.3 Å². The Bertz CT molecular complexity index is 1300. The molecular weight excluding hydrogens is 487 g/mol. The largest absolute Gasteiger partial charge is 0.491 e. The molecule has 3 aromatic rings. The molecule has 0 saturated carbocycles. The molecule has 0 atom stereocenters. The van der Waals surface area contributed by atoms with E-state index >= 15 is 0 Å². The van der Waals surface area contributed by atoms with Crippen molar-refractivity contribution in [2.24, 2.45) is 0 Å². The minimum atomic E-state index is -3.56. The summed E-state index contributed by atoms with van der Waals surface area (Å²) >= 11 is 12.0. The standard InChI is InChI=1S/C23H22Cl2N2O5S/c1-23(2,17-5-7-20(18(25)11-17)30-9-8-24)16-4-6-19(15(10-16)12-26)31-13-21-22(27-14-32-21)33(3,28)29/h4-7,10-11,14H,8-9,13H2,1-3H3. The van der Waals surface area contributed by atoms with Gasteiger partial charge < -0.3 is 13.9 Å². The Morgan fingerprint density at radius 2 is 1.79 bits per heavy atom. The Balaban J connectivity index is 1.85. The Morgan fingerprint density at radius 1 is 1.12 bits per heavy atom. The first kappa shape index (κ1) is 24.9. The number of ether oxygens (including phenoxy) is 2. The van der Waals surface area contributed by atoms with Crippen LogP contribution in [0.15, 0.2) is 52.2 Å². The molecular formula is C23H22Cl2N2O5S. The number of aromatic nitrogens is 1. The summed E-state index contributed by atoms with van der Waals surface area (Å²) in [5.74, 6) is 1.29. The summed E-state index contributed by atoms with van der Waals surface area (Å²) in [5, 5.41) is 9.96. The van der Waals surface area contributed by atoms with Crippen LogP contribution in [-0.2, 0) is 21.9 Å². The molecule has 0 amide bonds. The van der Waals surface area contributed by atoms with E-state index in [4.69, 9.17) is 37.1 Å². The van der Waals surface area contributed by atoms with Crippen molar-refractivity contribution < 1.29 is 22.3 Å². The van der Waals surface area contributed by atoms with Crippen molar-refractivity contribution in [1.29, 1.82) is 5.26 Å². The van der Waals surface area contributed by atoms with Gasteiger partial charge in [-0.2, -0.15) is 5.26 Å². The molecule has 0 saturated heterocycles. The number of oxazole rings is 1. The maximum Gasteiger partial charge on any atom is 0.200 e. The highest BCUT2D eigenvalue weighted by Crippen LogP contribution is 2.37. The molecule has 0 radical (unpaired) electrons. The zero-order valence-corrected chi connectivity index (χ0v) is 20.6. The minimum Gasteiger partial charge on any atom is -0.491 e. The van der Waals surface area contributed by atoms with Gasteiger partial charge in [-0.15, -0.1) is 11.6 Å². The fourth-order valence-corrected chi connectivity index (χ4v) is 4.32. The van der Waals surface area contributed by atoms with E-state index in [0.29, 0.717) is 34.6 Å². The van der Waals surface area contributed by atoms with E-state index in [-0.39, 0.29) is 17.4 Å². The highest BCUT2D eigenvalue weighted by molar-refractivity contribution is 7.90. The third-order valence-corrected chi connectivity index (χ3v) is 6.61. The maximum atomic E-state index is 11.8. The summed E-state index contributed by atoms with van der Waals surface area (Å²) in [6.07, 6.45) is 2.08. The lowest BCUT2D eigenvalue weighted by Crippen LogP contribution is -2.19. The minimum absolute atomic E-state index is 0.0666. The van der Waals surface area contributed by atoms with Gasteiger partial charge in [0.1, 0.15) is 30.8 Å². The van der Waals surface area contributed by atoms with Crippen molar-refractivity contribution in [2.45, 2.75) is 30.9 Å². The third-order valence-electron chi connectivity index (χ3n) is 5.12. The quantitative estimate of drug-likeness (QED) is 0.369. The lowest BCUT2D eigenvalue weighted by atomic mass is 9.77. The summed E-state index contributed by atoms with van der Waals surface area (Å²) < 4.78 is 39.9. The molecule has 1 aromatic heterocycles. The smallest absolute Gasteiger partial charge is 0.200 e. The first-order valence-electron chi connectivity index (χ1n) is 9.86. The topological polar surface area (TPSA) is 102 Å².